The van der Waals surface area contributed by atoms with Crippen LogP contribution >= 0.6 is 0 Å². The minimum Gasteiger partial charge on any atom is -0.465 e. The first kappa shape index (κ1) is 11.2. The first-order valence-corrected chi connectivity index (χ1v) is 3.99. The lowest BCUT2D eigenvalue weighted by atomic mass is 10.4. The monoisotopic (exact) mass is 175 g/mol. The number of hydrogen-bond donors (Lipinski definition) is 3. The summed E-state index contributed by atoms with van der Waals surface area (Å²) in [5.41, 5.74) is 0. The summed E-state index contributed by atoms with van der Waals surface area (Å²) in [5.74, 6) is 0. The molecule has 5 heteroatoms. The number of amides is 1. The molecule has 0 aromatic carbocycles. The second kappa shape index (κ2) is 6.87. The highest BCUT2D eigenvalue weighted by Crippen LogP contribution is 1.90. The van der Waals surface area contributed by atoms with Gasteiger partial charge in [-0.2, -0.15) is 0 Å². The lowest BCUT2D eigenvalue weighted by molar-refractivity contribution is 0.139. The van der Waals surface area contributed by atoms with Gasteiger partial charge in [0.1, 0.15) is 0 Å². The minimum atomic E-state index is -0.809. The second-order valence-corrected chi connectivity index (χ2v) is 2.52. The van der Waals surface area contributed by atoms with Gasteiger partial charge in [0.2, 0.25) is 0 Å². The van der Waals surface area contributed by atoms with Crippen molar-refractivity contribution in [1.29, 1.82) is 0 Å². The van der Waals surface area contributed by atoms with Crippen molar-refractivity contribution in [2.75, 3.05) is 40.3 Å². The van der Waals surface area contributed by atoms with Crippen LogP contribution in [-0.2, 0) is 0 Å². The molecule has 1 aliphatic rings. The average molecular weight is 175 g/mol. The van der Waals surface area contributed by atoms with Crippen molar-refractivity contribution in [3.05, 3.63) is 0 Å². The molecule has 1 fully saturated rings. The van der Waals surface area contributed by atoms with Gasteiger partial charge >= 0.3 is 6.09 Å². The van der Waals surface area contributed by atoms with E-state index in [4.69, 9.17) is 5.11 Å². The summed E-state index contributed by atoms with van der Waals surface area (Å²) >= 11 is 0. The molecular formula is C7H17N3O2. The molecule has 0 spiro atoms. The molecule has 1 rings (SSSR count). The highest BCUT2D eigenvalue weighted by atomic mass is 16.4. The van der Waals surface area contributed by atoms with E-state index in [0.717, 1.165) is 13.1 Å². The van der Waals surface area contributed by atoms with Crippen molar-refractivity contribution in [1.82, 2.24) is 15.5 Å². The van der Waals surface area contributed by atoms with E-state index in [1.165, 1.54) is 4.90 Å². The summed E-state index contributed by atoms with van der Waals surface area (Å²) in [6.45, 7) is 2.81. The van der Waals surface area contributed by atoms with Gasteiger partial charge in [0.25, 0.3) is 0 Å². The van der Waals surface area contributed by atoms with Crippen LogP contribution in [0.3, 0.4) is 0 Å². The molecule has 0 bridgehead atoms. The molecule has 0 aliphatic carbocycles. The number of nitrogens with zero attached hydrogens (tertiary/aromatic N) is 1. The van der Waals surface area contributed by atoms with Gasteiger partial charge in [-0.15, -0.1) is 0 Å². The first-order valence-electron chi connectivity index (χ1n) is 3.99. The normalized spacial score (nSPS) is 16.3. The molecule has 1 amide bonds. The highest BCUT2D eigenvalue weighted by Gasteiger charge is 2.13. The van der Waals surface area contributed by atoms with Crippen molar-refractivity contribution in [3.63, 3.8) is 0 Å². The summed E-state index contributed by atoms with van der Waals surface area (Å²) < 4.78 is 0. The van der Waals surface area contributed by atoms with Crippen molar-refractivity contribution in [2.24, 2.45) is 0 Å². The molecule has 0 atom stereocenters. The van der Waals surface area contributed by atoms with E-state index < -0.39 is 6.09 Å². The topological polar surface area (TPSA) is 64.6 Å². The number of nitrogens with one attached hydrogen (secondary N) is 2. The Balaban J connectivity index is 0.000000354. The zero-order valence-corrected chi connectivity index (χ0v) is 7.63. The molecule has 1 heterocycles. The molecule has 0 aromatic rings. The van der Waals surface area contributed by atoms with E-state index in [2.05, 4.69) is 10.6 Å². The fraction of sp³-hybridized carbons (Fsp3) is 0.857. The number of rotatable bonds is 0. The number of carbonyl (C=O) groups is 1. The average Bonchev–Trinajstić information content (AvgIpc) is 2.07. The number of piperazine rings is 1. The highest BCUT2D eigenvalue weighted by molar-refractivity contribution is 5.65. The van der Waals surface area contributed by atoms with E-state index >= 15 is 0 Å². The predicted molar refractivity (Wildman–Crippen MR) is 47.5 cm³/mol. The summed E-state index contributed by atoms with van der Waals surface area (Å²) in [5, 5.41) is 14.3. The van der Waals surface area contributed by atoms with Crippen LogP contribution in [0.1, 0.15) is 0 Å². The lowest BCUT2D eigenvalue weighted by Crippen LogP contribution is -2.45. The van der Waals surface area contributed by atoms with Crippen molar-refractivity contribution in [2.45, 2.75) is 0 Å². The van der Waals surface area contributed by atoms with E-state index in [1.807, 2.05) is 14.1 Å². The van der Waals surface area contributed by atoms with Gasteiger partial charge < -0.3 is 20.6 Å². The number of hydrogen-bond acceptors (Lipinski definition) is 3. The Bertz CT molecular complexity index is 124. The SMILES string of the molecule is CNC.O=C(O)N1CCNCC1. The van der Waals surface area contributed by atoms with Gasteiger partial charge in [-0.25, -0.2) is 4.79 Å². The van der Waals surface area contributed by atoms with Crippen LogP contribution in [0, 0.1) is 0 Å². The summed E-state index contributed by atoms with van der Waals surface area (Å²) in [7, 11) is 3.75. The van der Waals surface area contributed by atoms with Crippen LogP contribution in [0.4, 0.5) is 4.79 Å². The lowest BCUT2D eigenvalue weighted by Gasteiger charge is -2.23. The Morgan fingerprint density at radius 1 is 1.42 bits per heavy atom. The maximum atomic E-state index is 10.3. The standard InChI is InChI=1S/C5H10N2O2.C2H7N/c8-5(9)7-3-1-6-2-4-7;1-3-2/h6H,1-4H2,(H,8,9);3H,1-2H3. The molecule has 0 aromatic heterocycles. The van der Waals surface area contributed by atoms with Gasteiger partial charge in [-0.1, -0.05) is 0 Å². The largest absolute Gasteiger partial charge is 0.465 e. The van der Waals surface area contributed by atoms with Gasteiger partial charge in [0, 0.05) is 26.2 Å². The molecule has 3 N–H and O–H groups in total. The first-order chi connectivity index (χ1) is 5.72. The summed E-state index contributed by atoms with van der Waals surface area (Å²) in [6.07, 6.45) is -0.809. The predicted octanol–water partition coefficient (Wildman–Crippen LogP) is -0.595. The van der Waals surface area contributed by atoms with Gasteiger partial charge in [0.05, 0.1) is 0 Å². The van der Waals surface area contributed by atoms with Crippen LogP contribution in [0.2, 0.25) is 0 Å². The fourth-order valence-corrected chi connectivity index (χ4v) is 0.856. The van der Waals surface area contributed by atoms with Crippen LogP contribution in [-0.4, -0.2) is 56.4 Å². The molecule has 12 heavy (non-hydrogen) atoms. The maximum Gasteiger partial charge on any atom is 0.407 e. The molecule has 1 aliphatic heterocycles. The third-order valence-electron chi connectivity index (χ3n) is 1.39. The van der Waals surface area contributed by atoms with Gasteiger partial charge in [-0.3, -0.25) is 0 Å². The molecule has 72 valence electrons. The van der Waals surface area contributed by atoms with Gasteiger partial charge in [-0.05, 0) is 14.1 Å². The second-order valence-electron chi connectivity index (χ2n) is 2.52. The van der Waals surface area contributed by atoms with Gasteiger partial charge in [0.15, 0.2) is 0 Å². The zero-order valence-electron chi connectivity index (χ0n) is 7.63. The van der Waals surface area contributed by atoms with Crippen molar-refractivity contribution < 1.29 is 9.90 Å². The maximum absolute atomic E-state index is 10.3. The Kier molecular flexibility index (Phi) is 6.41. The molecular weight excluding hydrogens is 158 g/mol. The number of carboxylic acid groups (broad SMARTS) is 1. The summed E-state index contributed by atoms with van der Waals surface area (Å²) in [6, 6.07) is 0. The van der Waals surface area contributed by atoms with Crippen molar-refractivity contribution in [3.8, 4) is 0 Å². The van der Waals surface area contributed by atoms with Crippen molar-refractivity contribution >= 4 is 6.09 Å². The molecule has 5 nitrogen and oxygen atoms in total. The molecule has 1 saturated heterocycles. The van der Waals surface area contributed by atoms with Crippen LogP contribution in [0.25, 0.3) is 0 Å². The zero-order chi connectivity index (χ0) is 9.40. The smallest absolute Gasteiger partial charge is 0.407 e. The Hall–Kier alpha value is -0.810. The fourth-order valence-electron chi connectivity index (χ4n) is 0.856. The molecule has 0 saturated carbocycles. The van der Waals surface area contributed by atoms with E-state index in [-0.39, 0.29) is 0 Å². The van der Waals surface area contributed by atoms with Crippen LogP contribution in [0.15, 0.2) is 0 Å². The van der Waals surface area contributed by atoms with Crippen LogP contribution in [0.5, 0.6) is 0 Å². The Morgan fingerprint density at radius 3 is 2.08 bits per heavy atom. The summed E-state index contributed by atoms with van der Waals surface area (Å²) in [4.78, 5) is 11.7. The molecule has 0 unspecified atom stereocenters. The third-order valence-corrected chi connectivity index (χ3v) is 1.39. The van der Waals surface area contributed by atoms with E-state index in [1.54, 1.807) is 0 Å². The van der Waals surface area contributed by atoms with E-state index in [0.29, 0.717) is 13.1 Å². The third kappa shape index (κ3) is 4.92. The Morgan fingerprint density at radius 2 is 1.83 bits per heavy atom. The van der Waals surface area contributed by atoms with Crippen LogP contribution < -0.4 is 10.6 Å². The minimum absolute atomic E-state index is 0.620. The molecule has 0 radical (unpaired) electrons. The quantitative estimate of drug-likeness (QED) is 0.460. The Labute approximate surface area is 72.7 Å². The van der Waals surface area contributed by atoms with E-state index in [9.17, 15) is 4.79 Å².